The summed E-state index contributed by atoms with van der Waals surface area (Å²) >= 11 is 0. The summed E-state index contributed by atoms with van der Waals surface area (Å²) in [6.45, 7) is 4.99. The Labute approximate surface area is 97.8 Å². The van der Waals surface area contributed by atoms with Gasteiger partial charge in [0.15, 0.2) is 0 Å². The number of benzene rings is 1. The minimum Gasteiger partial charge on any atom is -0.372 e. The van der Waals surface area contributed by atoms with E-state index in [-0.39, 0.29) is 12.1 Å². The van der Waals surface area contributed by atoms with Crippen molar-refractivity contribution in [3.63, 3.8) is 0 Å². The Morgan fingerprint density at radius 2 is 2.12 bits per heavy atom. The highest BCUT2D eigenvalue weighted by Gasteiger charge is 2.24. The molecule has 0 spiro atoms. The zero-order valence-electron chi connectivity index (χ0n) is 10.2. The van der Waals surface area contributed by atoms with Crippen molar-refractivity contribution < 1.29 is 4.74 Å². The Morgan fingerprint density at radius 1 is 1.31 bits per heavy atom. The van der Waals surface area contributed by atoms with E-state index in [1.54, 1.807) is 0 Å². The van der Waals surface area contributed by atoms with Gasteiger partial charge < -0.3 is 10.5 Å². The van der Waals surface area contributed by atoms with Crippen LogP contribution in [-0.2, 0) is 11.3 Å². The first kappa shape index (κ1) is 11.6. The van der Waals surface area contributed by atoms with E-state index in [0.717, 1.165) is 12.8 Å². The van der Waals surface area contributed by atoms with Crippen LogP contribution in [0.1, 0.15) is 36.0 Å². The van der Waals surface area contributed by atoms with Crippen molar-refractivity contribution in [3.8, 4) is 0 Å². The first-order valence-electron chi connectivity index (χ1n) is 6.11. The number of ether oxygens (including phenoxy) is 1. The molecule has 88 valence electrons. The molecule has 16 heavy (non-hydrogen) atoms. The first-order chi connectivity index (χ1) is 7.68. The molecular weight excluding hydrogens is 198 g/mol. The maximum Gasteiger partial charge on any atom is 0.0730 e. The van der Waals surface area contributed by atoms with E-state index in [1.165, 1.54) is 23.1 Å². The fraction of sp³-hybridized carbons (Fsp3) is 0.571. The standard InChI is InChI=1S/C14H21NO/c1-10-5-3-6-12(11(10)2)9-16-14-8-4-7-13(14)15/h3,5-6,13-14H,4,7-9,15H2,1-2H3/t13-,14-/m0/s1. The van der Waals surface area contributed by atoms with Gasteiger partial charge in [-0.25, -0.2) is 0 Å². The molecule has 2 rings (SSSR count). The number of nitrogens with two attached hydrogens (primary N) is 1. The van der Waals surface area contributed by atoms with Gasteiger partial charge in [0, 0.05) is 6.04 Å². The highest BCUT2D eigenvalue weighted by atomic mass is 16.5. The third-order valence-corrected chi connectivity index (χ3v) is 3.67. The van der Waals surface area contributed by atoms with Crippen LogP contribution >= 0.6 is 0 Å². The van der Waals surface area contributed by atoms with Crippen LogP contribution in [0.4, 0.5) is 0 Å². The van der Waals surface area contributed by atoms with Gasteiger partial charge in [0.2, 0.25) is 0 Å². The molecule has 1 saturated carbocycles. The molecule has 0 unspecified atom stereocenters. The molecule has 0 amide bonds. The van der Waals surface area contributed by atoms with Crippen molar-refractivity contribution in [2.24, 2.45) is 5.73 Å². The summed E-state index contributed by atoms with van der Waals surface area (Å²) in [4.78, 5) is 0. The molecule has 0 radical (unpaired) electrons. The Morgan fingerprint density at radius 3 is 2.81 bits per heavy atom. The molecule has 1 aliphatic rings. The minimum atomic E-state index is 0.241. The third kappa shape index (κ3) is 2.45. The van der Waals surface area contributed by atoms with Gasteiger partial charge >= 0.3 is 0 Å². The lowest BCUT2D eigenvalue weighted by molar-refractivity contribution is 0.0354. The predicted molar refractivity (Wildman–Crippen MR) is 66.3 cm³/mol. The summed E-state index contributed by atoms with van der Waals surface area (Å²) < 4.78 is 5.91. The topological polar surface area (TPSA) is 35.2 Å². The van der Waals surface area contributed by atoms with Crippen LogP contribution < -0.4 is 5.73 Å². The smallest absolute Gasteiger partial charge is 0.0730 e. The molecule has 1 aromatic carbocycles. The molecule has 0 aromatic heterocycles. The Balaban J connectivity index is 1.96. The van der Waals surface area contributed by atoms with Crippen molar-refractivity contribution in [2.75, 3.05) is 0 Å². The summed E-state index contributed by atoms with van der Waals surface area (Å²) in [6.07, 6.45) is 3.70. The largest absolute Gasteiger partial charge is 0.372 e. The first-order valence-corrected chi connectivity index (χ1v) is 6.11. The lowest BCUT2D eigenvalue weighted by atomic mass is 10.0. The highest BCUT2D eigenvalue weighted by molar-refractivity contribution is 5.32. The fourth-order valence-electron chi connectivity index (χ4n) is 2.33. The maximum atomic E-state index is 5.99. The molecule has 0 saturated heterocycles. The highest BCUT2D eigenvalue weighted by Crippen LogP contribution is 2.22. The lowest BCUT2D eigenvalue weighted by Gasteiger charge is -2.17. The third-order valence-electron chi connectivity index (χ3n) is 3.67. The molecule has 0 heterocycles. The van der Waals surface area contributed by atoms with E-state index < -0.39 is 0 Å². The number of hydrogen-bond donors (Lipinski definition) is 1. The second-order valence-corrected chi connectivity index (χ2v) is 4.80. The average Bonchev–Trinajstić information content (AvgIpc) is 2.67. The van der Waals surface area contributed by atoms with Crippen molar-refractivity contribution >= 4 is 0 Å². The van der Waals surface area contributed by atoms with E-state index in [9.17, 15) is 0 Å². The minimum absolute atomic E-state index is 0.241. The van der Waals surface area contributed by atoms with E-state index in [0.29, 0.717) is 6.61 Å². The van der Waals surface area contributed by atoms with Crippen LogP contribution in [-0.4, -0.2) is 12.1 Å². The summed E-state index contributed by atoms with van der Waals surface area (Å²) in [6, 6.07) is 6.61. The van der Waals surface area contributed by atoms with Crippen LogP contribution in [0.2, 0.25) is 0 Å². The summed E-state index contributed by atoms with van der Waals surface area (Å²) in [5.74, 6) is 0. The molecule has 2 N–H and O–H groups in total. The van der Waals surface area contributed by atoms with Gasteiger partial charge in [-0.3, -0.25) is 0 Å². The molecule has 0 bridgehead atoms. The van der Waals surface area contributed by atoms with E-state index in [2.05, 4.69) is 32.0 Å². The van der Waals surface area contributed by atoms with Crippen molar-refractivity contribution in [1.29, 1.82) is 0 Å². The summed E-state index contributed by atoms with van der Waals surface area (Å²) in [5, 5.41) is 0. The van der Waals surface area contributed by atoms with Gasteiger partial charge in [-0.05, 0) is 49.8 Å². The van der Waals surface area contributed by atoms with E-state index in [4.69, 9.17) is 10.5 Å². The molecule has 2 nitrogen and oxygen atoms in total. The van der Waals surface area contributed by atoms with Crippen LogP contribution in [0.15, 0.2) is 18.2 Å². The fourth-order valence-corrected chi connectivity index (χ4v) is 2.33. The van der Waals surface area contributed by atoms with Gasteiger partial charge in [0.25, 0.3) is 0 Å². The van der Waals surface area contributed by atoms with Gasteiger partial charge in [0.05, 0.1) is 12.7 Å². The zero-order chi connectivity index (χ0) is 11.5. The number of aryl methyl sites for hydroxylation is 1. The van der Waals surface area contributed by atoms with Crippen LogP contribution in [0.25, 0.3) is 0 Å². The van der Waals surface area contributed by atoms with Crippen LogP contribution in [0.3, 0.4) is 0 Å². The second-order valence-electron chi connectivity index (χ2n) is 4.80. The molecule has 1 fully saturated rings. The average molecular weight is 219 g/mol. The van der Waals surface area contributed by atoms with Gasteiger partial charge in [0.1, 0.15) is 0 Å². The number of rotatable bonds is 3. The van der Waals surface area contributed by atoms with Gasteiger partial charge in [-0.2, -0.15) is 0 Å². The second kappa shape index (κ2) is 4.98. The molecule has 2 atom stereocenters. The summed E-state index contributed by atoms with van der Waals surface area (Å²) in [5.41, 5.74) is 9.95. The normalized spacial score (nSPS) is 24.9. The van der Waals surface area contributed by atoms with Gasteiger partial charge in [-0.1, -0.05) is 18.2 Å². The zero-order valence-corrected chi connectivity index (χ0v) is 10.2. The SMILES string of the molecule is Cc1cccc(CO[C@H]2CCC[C@@H]2N)c1C. The monoisotopic (exact) mass is 219 g/mol. The predicted octanol–water partition coefficient (Wildman–Crippen LogP) is 2.70. The Hall–Kier alpha value is -0.860. The Kier molecular flexibility index (Phi) is 3.62. The van der Waals surface area contributed by atoms with Crippen LogP contribution in [0.5, 0.6) is 0 Å². The maximum absolute atomic E-state index is 5.99. The quantitative estimate of drug-likeness (QED) is 0.848. The van der Waals surface area contributed by atoms with Crippen molar-refractivity contribution in [2.45, 2.75) is 51.9 Å². The lowest BCUT2D eigenvalue weighted by Crippen LogP contribution is -2.31. The molecule has 2 heteroatoms. The molecule has 1 aliphatic carbocycles. The summed E-state index contributed by atoms with van der Waals surface area (Å²) in [7, 11) is 0. The van der Waals surface area contributed by atoms with Crippen molar-refractivity contribution in [1.82, 2.24) is 0 Å². The van der Waals surface area contributed by atoms with Crippen molar-refractivity contribution in [3.05, 3.63) is 34.9 Å². The molecule has 1 aromatic rings. The molecular formula is C14H21NO. The van der Waals surface area contributed by atoms with Crippen LogP contribution in [0, 0.1) is 13.8 Å². The molecule has 0 aliphatic heterocycles. The van der Waals surface area contributed by atoms with E-state index >= 15 is 0 Å². The van der Waals surface area contributed by atoms with E-state index in [1.807, 2.05) is 0 Å². The Bertz CT molecular complexity index is 362. The number of hydrogen-bond acceptors (Lipinski definition) is 2. The van der Waals surface area contributed by atoms with Gasteiger partial charge in [-0.15, -0.1) is 0 Å².